The Hall–Kier alpha value is -0.556. The molecule has 0 N–H and O–H groups in total. The molecule has 0 aliphatic heterocycles. The molecule has 5 heteroatoms. The minimum absolute atomic E-state index is 0.0113. The number of rotatable bonds is 5. The van der Waals surface area contributed by atoms with Gasteiger partial charge in [-0.05, 0) is 48.3 Å². The highest BCUT2D eigenvalue weighted by Gasteiger charge is 2.44. The minimum Gasteiger partial charge on any atom is -0.539 e. The molecule has 0 fully saturated rings. The Morgan fingerprint density at radius 3 is 1.48 bits per heavy atom. The van der Waals surface area contributed by atoms with E-state index in [2.05, 4.69) is 81.6 Å². The summed E-state index contributed by atoms with van der Waals surface area (Å²) in [5.74, 6) is 0.341. The summed E-state index contributed by atoms with van der Waals surface area (Å²) in [4.78, 5) is 12.8. The molecule has 0 aromatic heterocycles. The highest BCUT2D eigenvalue weighted by Crippen LogP contribution is 2.40. The molecule has 0 saturated heterocycles. The van der Waals surface area contributed by atoms with Crippen molar-refractivity contribution < 1.29 is 13.6 Å². The van der Waals surface area contributed by atoms with Gasteiger partial charge in [0.25, 0.3) is 16.6 Å². The van der Waals surface area contributed by atoms with Crippen molar-refractivity contribution in [1.29, 1.82) is 0 Å². The molecule has 0 unspecified atom stereocenters. The smallest absolute Gasteiger partial charge is 0.358 e. The monoisotopic (exact) mass is 358 g/mol. The number of allylic oxidation sites excluding steroid dienone is 1. The fourth-order valence-electron chi connectivity index (χ4n) is 1.31. The van der Waals surface area contributed by atoms with E-state index < -0.39 is 16.6 Å². The summed E-state index contributed by atoms with van der Waals surface area (Å²) >= 11 is 0. The molecule has 0 aliphatic rings. The Morgan fingerprint density at radius 2 is 1.17 bits per heavy atom. The van der Waals surface area contributed by atoms with Crippen molar-refractivity contribution >= 4 is 22.6 Å². The van der Waals surface area contributed by atoms with Gasteiger partial charge in [-0.25, -0.2) is 4.79 Å². The highest BCUT2D eigenvalue weighted by atomic mass is 28.4. The van der Waals surface area contributed by atoms with Crippen LogP contribution in [0.15, 0.2) is 11.8 Å². The fourth-order valence-corrected chi connectivity index (χ4v) is 3.19. The zero-order valence-electron chi connectivity index (χ0n) is 17.4. The average molecular weight is 359 g/mol. The highest BCUT2D eigenvalue weighted by molar-refractivity contribution is 6.76. The van der Waals surface area contributed by atoms with Crippen molar-refractivity contribution in [3.8, 4) is 0 Å². The van der Waals surface area contributed by atoms with Crippen LogP contribution in [-0.4, -0.2) is 22.6 Å². The molecule has 0 saturated carbocycles. The predicted molar refractivity (Wildman–Crippen MR) is 104 cm³/mol. The van der Waals surface area contributed by atoms with Crippen LogP contribution in [0.25, 0.3) is 0 Å². The van der Waals surface area contributed by atoms with Crippen LogP contribution in [0.5, 0.6) is 0 Å². The van der Waals surface area contributed by atoms with E-state index >= 15 is 0 Å². The Bertz CT molecular complexity index is 450. The summed E-state index contributed by atoms with van der Waals surface area (Å²) < 4.78 is 12.2. The van der Waals surface area contributed by atoms with Crippen LogP contribution in [0.4, 0.5) is 0 Å². The zero-order chi connectivity index (χ0) is 18.9. The SMILES string of the molecule is CC(C)/C=C(\O[Si](C)(C)C(C)(C)C)C(=O)O[Si](C)(C)C(C)(C)C. The zero-order valence-corrected chi connectivity index (χ0v) is 19.4. The minimum atomic E-state index is -2.16. The number of carbonyl (C=O) groups excluding carboxylic acids is 1. The molecule has 0 aliphatic carbocycles. The Balaban J connectivity index is 5.50. The van der Waals surface area contributed by atoms with Gasteiger partial charge in [-0.15, -0.1) is 0 Å². The third-order valence-electron chi connectivity index (χ3n) is 5.01. The van der Waals surface area contributed by atoms with Crippen molar-refractivity contribution in [2.24, 2.45) is 5.92 Å². The first-order valence-corrected chi connectivity index (χ1v) is 14.4. The van der Waals surface area contributed by atoms with Gasteiger partial charge in [0.05, 0.1) is 0 Å². The van der Waals surface area contributed by atoms with Gasteiger partial charge in [0, 0.05) is 0 Å². The van der Waals surface area contributed by atoms with Gasteiger partial charge in [0.15, 0.2) is 5.76 Å². The lowest BCUT2D eigenvalue weighted by Crippen LogP contribution is -2.45. The molecule has 0 rings (SSSR count). The summed E-state index contributed by atoms with van der Waals surface area (Å²) in [5, 5.41) is 0.0307. The maximum Gasteiger partial charge on any atom is 0.358 e. The van der Waals surface area contributed by atoms with E-state index in [1.807, 2.05) is 6.08 Å². The first kappa shape index (κ1) is 22.4. The molecule has 3 nitrogen and oxygen atoms in total. The van der Waals surface area contributed by atoms with Crippen molar-refractivity contribution in [1.82, 2.24) is 0 Å². The molecule has 0 radical (unpaired) electrons. The molecular formula is C18H38O3Si2. The summed E-state index contributed by atoms with van der Waals surface area (Å²) in [6.07, 6.45) is 1.90. The van der Waals surface area contributed by atoms with Crippen LogP contribution in [-0.2, 0) is 13.6 Å². The molecule has 0 aromatic rings. The van der Waals surface area contributed by atoms with E-state index in [0.29, 0.717) is 5.76 Å². The molecule has 0 bridgehead atoms. The number of carbonyl (C=O) groups is 1. The third-order valence-corrected chi connectivity index (χ3v) is 13.7. The maximum absolute atomic E-state index is 12.8. The maximum atomic E-state index is 12.8. The van der Waals surface area contributed by atoms with Crippen molar-refractivity contribution in [2.75, 3.05) is 0 Å². The largest absolute Gasteiger partial charge is 0.539 e. The molecule has 0 spiro atoms. The molecule has 0 heterocycles. The summed E-state index contributed by atoms with van der Waals surface area (Å²) in [7, 11) is -4.23. The first-order chi connectivity index (χ1) is 9.91. The number of hydrogen-bond acceptors (Lipinski definition) is 3. The molecule has 23 heavy (non-hydrogen) atoms. The number of hydrogen-bond donors (Lipinski definition) is 0. The second-order valence-corrected chi connectivity index (χ2v) is 19.2. The molecular weight excluding hydrogens is 320 g/mol. The summed E-state index contributed by atoms with van der Waals surface area (Å²) in [6.45, 7) is 25.5. The second-order valence-electron chi connectivity index (χ2n) is 9.79. The lowest BCUT2D eigenvalue weighted by molar-refractivity contribution is -0.133. The van der Waals surface area contributed by atoms with Gasteiger partial charge in [0.1, 0.15) is 0 Å². The summed E-state index contributed by atoms with van der Waals surface area (Å²) in [5.41, 5.74) is 0. The van der Waals surface area contributed by atoms with Gasteiger partial charge in [-0.2, -0.15) is 0 Å². The van der Waals surface area contributed by atoms with Crippen LogP contribution < -0.4 is 0 Å². The van der Waals surface area contributed by atoms with Crippen LogP contribution in [0.2, 0.25) is 36.3 Å². The fraction of sp³-hybridized carbons (Fsp3) is 0.833. The molecule has 0 amide bonds. The van der Waals surface area contributed by atoms with Gasteiger partial charge in [-0.3, -0.25) is 0 Å². The van der Waals surface area contributed by atoms with E-state index in [0.717, 1.165) is 0 Å². The van der Waals surface area contributed by atoms with Crippen LogP contribution >= 0.6 is 0 Å². The van der Waals surface area contributed by atoms with Gasteiger partial charge in [-0.1, -0.05) is 55.4 Å². The summed E-state index contributed by atoms with van der Waals surface area (Å²) in [6, 6.07) is 0. The second kappa shape index (κ2) is 7.13. The lowest BCUT2D eigenvalue weighted by Gasteiger charge is -2.39. The quantitative estimate of drug-likeness (QED) is 0.338. The first-order valence-electron chi connectivity index (χ1n) is 8.55. The van der Waals surface area contributed by atoms with Crippen LogP contribution in [0.3, 0.4) is 0 Å². The van der Waals surface area contributed by atoms with Gasteiger partial charge in [0.2, 0.25) is 0 Å². The standard InChI is InChI=1S/C18H38O3Si2/c1-14(2)13-15(20-22(9,10)17(3,4)5)16(19)21-23(11,12)18(6,7)8/h13-14H,1-12H3/b15-13-. The Kier molecular flexibility index (Phi) is 6.96. The third kappa shape index (κ3) is 6.45. The van der Waals surface area contributed by atoms with E-state index in [9.17, 15) is 4.79 Å². The Labute approximate surface area is 146 Å². The van der Waals surface area contributed by atoms with Gasteiger partial charge >= 0.3 is 5.97 Å². The van der Waals surface area contributed by atoms with E-state index in [1.54, 1.807) is 0 Å². The normalized spacial score (nSPS) is 14.9. The van der Waals surface area contributed by atoms with Crippen molar-refractivity contribution in [3.05, 3.63) is 11.8 Å². The van der Waals surface area contributed by atoms with E-state index in [-0.39, 0.29) is 22.0 Å². The molecule has 0 aromatic carbocycles. The Morgan fingerprint density at radius 1 is 0.826 bits per heavy atom. The lowest BCUT2D eigenvalue weighted by atomic mass is 10.2. The van der Waals surface area contributed by atoms with Crippen molar-refractivity contribution in [3.63, 3.8) is 0 Å². The van der Waals surface area contributed by atoms with Crippen LogP contribution in [0.1, 0.15) is 55.4 Å². The topological polar surface area (TPSA) is 35.5 Å². The molecule has 0 atom stereocenters. The molecule has 136 valence electrons. The van der Waals surface area contributed by atoms with E-state index in [1.165, 1.54) is 0 Å². The van der Waals surface area contributed by atoms with Crippen LogP contribution in [0, 0.1) is 5.92 Å². The average Bonchev–Trinajstić information content (AvgIpc) is 2.22. The van der Waals surface area contributed by atoms with Gasteiger partial charge < -0.3 is 8.85 Å². The predicted octanol–water partition coefficient (Wildman–Crippen LogP) is 6.10. The van der Waals surface area contributed by atoms with Crippen molar-refractivity contribution in [2.45, 2.75) is 91.7 Å². The van der Waals surface area contributed by atoms with E-state index in [4.69, 9.17) is 8.85 Å².